The van der Waals surface area contributed by atoms with E-state index in [9.17, 15) is 0 Å². The Balaban J connectivity index is 0.000000147. The van der Waals surface area contributed by atoms with Crippen LogP contribution in [-0.4, -0.2) is 9.52 Å². The summed E-state index contributed by atoms with van der Waals surface area (Å²) in [6.45, 7) is 4.50. The van der Waals surface area contributed by atoms with Crippen molar-refractivity contribution in [2.24, 2.45) is 0 Å². The summed E-state index contributed by atoms with van der Waals surface area (Å²) < 4.78 is 0. The third-order valence-electron chi connectivity index (χ3n) is 5.81. The van der Waals surface area contributed by atoms with Gasteiger partial charge < -0.3 is 0 Å². The van der Waals surface area contributed by atoms with Crippen molar-refractivity contribution in [3.63, 3.8) is 0 Å². The Morgan fingerprint density at radius 2 is 1.03 bits per heavy atom. The van der Waals surface area contributed by atoms with Crippen LogP contribution in [0.25, 0.3) is 22.3 Å². The first-order valence-electron chi connectivity index (χ1n) is 11.7. The van der Waals surface area contributed by atoms with Crippen molar-refractivity contribution in [2.75, 3.05) is 0 Å². The Labute approximate surface area is 224 Å². The molecule has 2 aliphatic rings. The van der Waals surface area contributed by atoms with Crippen molar-refractivity contribution in [1.29, 1.82) is 0 Å². The second kappa shape index (κ2) is 14.7. The van der Waals surface area contributed by atoms with Crippen LogP contribution in [0.15, 0.2) is 84.9 Å². The van der Waals surface area contributed by atoms with Gasteiger partial charge in [-0.1, -0.05) is 96.7 Å². The van der Waals surface area contributed by atoms with Gasteiger partial charge in [-0.2, -0.15) is 59.7 Å². The molecule has 0 spiro atoms. The predicted octanol–water partition coefficient (Wildman–Crippen LogP) is 8.79. The monoisotopic (exact) mass is 535 g/mol. The molecule has 0 heterocycles. The molecule has 6 rings (SSSR count). The zero-order valence-electron chi connectivity index (χ0n) is 19.7. The average molecular weight is 536 g/mol. The molecule has 0 N–H and O–H groups in total. The average Bonchev–Trinajstić information content (AvgIpc) is 3.44. The fourth-order valence-electron chi connectivity index (χ4n) is 4.28. The molecule has 34 heavy (non-hydrogen) atoms. The van der Waals surface area contributed by atoms with Crippen molar-refractivity contribution < 1.29 is 17.0 Å². The summed E-state index contributed by atoms with van der Waals surface area (Å²) in [4.78, 5) is 0. The minimum absolute atomic E-state index is 0.556. The molecule has 0 fully saturated rings. The van der Waals surface area contributed by atoms with Crippen LogP contribution in [0.1, 0.15) is 36.1 Å². The first kappa shape index (κ1) is 27.0. The Bertz CT molecular complexity index is 998. The van der Waals surface area contributed by atoms with Gasteiger partial charge in [0.05, 0.1) is 0 Å². The number of fused-ring (bicyclic) bond motifs is 6. The molecule has 0 saturated heterocycles. The molecule has 0 unspecified atom stereocenters. The minimum Gasteiger partial charge on any atom is -0.179 e. The summed E-state index contributed by atoms with van der Waals surface area (Å²) in [6, 6.07) is 39.1. The van der Waals surface area contributed by atoms with E-state index in [1.807, 2.05) is 12.1 Å². The summed E-state index contributed by atoms with van der Waals surface area (Å²) in [5.41, 5.74) is 11.0. The molecular formula is C30H29Cl2SiTi-2. The summed E-state index contributed by atoms with van der Waals surface area (Å²) in [6.07, 6.45) is 2.10. The van der Waals surface area contributed by atoms with Crippen molar-refractivity contribution in [2.45, 2.75) is 38.8 Å². The third-order valence-corrected chi connectivity index (χ3v) is 6.97. The maximum absolute atomic E-state index is 4.89. The van der Waals surface area contributed by atoms with E-state index in [0.717, 1.165) is 22.4 Å². The predicted molar refractivity (Wildman–Crippen MR) is 147 cm³/mol. The van der Waals surface area contributed by atoms with Crippen LogP contribution in [0.3, 0.4) is 0 Å². The summed E-state index contributed by atoms with van der Waals surface area (Å²) >= 11 is -0.556. The fourth-order valence-corrected chi connectivity index (χ4v) is 4.86. The Morgan fingerprint density at radius 3 is 1.41 bits per heavy atom. The molecule has 0 atom stereocenters. The van der Waals surface area contributed by atoms with E-state index in [-0.39, 0.29) is 0 Å². The van der Waals surface area contributed by atoms with Crippen LogP contribution in [0.4, 0.5) is 0 Å². The van der Waals surface area contributed by atoms with E-state index in [1.165, 1.54) is 56.6 Å². The van der Waals surface area contributed by atoms with Gasteiger partial charge in [0.25, 0.3) is 0 Å². The van der Waals surface area contributed by atoms with Gasteiger partial charge in [-0.05, 0) is 12.8 Å². The largest absolute Gasteiger partial charge is 0.179 e. The number of halogens is 2. The van der Waals surface area contributed by atoms with Crippen molar-refractivity contribution in [1.82, 2.24) is 0 Å². The van der Waals surface area contributed by atoms with Crippen molar-refractivity contribution in [3.8, 4) is 22.3 Å². The van der Waals surface area contributed by atoms with Crippen LogP contribution in [0, 0.1) is 12.1 Å². The van der Waals surface area contributed by atoms with Gasteiger partial charge in [0.15, 0.2) is 0 Å². The van der Waals surface area contributed by atoms with Crippen LogP contribution >= 0.6 is 18.6 Å². The molecule has 4 heteroatoms. The van der Waals surface area contributed by atoms with Crippen LogP contribution in [-0.2, 0) is 29.9 Å². The van der Waals surface area contributed by atoms with Crippen LogP contribution < -0.4 is 0 Å². The maximum atomic E-state index is 4.89. The topological polar surface area (TPSA) is 0 Å². The van der Waals surface area contributed by atoms with Gasteiger partial charge >= 0.3 is 35.6 Å². The molecule has 0 amide bonds. The fraction of sp³-hybridized carbons (Fsp3) is 0.200. The molecule has 0 aliphatic heterocycles. The van der Waals surface area contributed by atoms with Crippen molar-refractivity contribution >= 4 is 28.1 Å². The Hall–Kier alpha value is -1.61. The molecular weight excluding hydrogens is 507 g/mol. The first-order chi connectivity index (χ1) is 16.7. The van der Waals surface area contributed by atoms with Gasteiger partial charge in [0.2, 0.25) is 0 Å². The SMILES string of the molecule is CC[SiH]CC.[Cl][Ti][Cl].[c-]1cccc2c1Cc1ccccc1-2.[c-]1cccc2c1Cc1ccccc1-2. The molecule has 2 aliphatic carbocycles. The molecule has 0 bridgehead atoms. The zero-order chi connectivity index (χ0) is 24.2. The molecule has 1 radical (unpaired) electrons. The van der Waals surface area contributed by atoms with Crippen molar-refractivity contribution in [3.05, 3.63) is 119 Å². The molecule has 4 aromatic carbocycles. The van der Waals surface area contributed by atoms with Gasteiger partial charge in [0, 0.05) is 9.52 Å². The minimum atomic E-state index is -0.556. The summed E-state index contributed by atoms with van der Waals surface area (Å²) in [5, 5.41) is 0. The van der Waals surface area contributed by atoms with Gasteiger partial charge in [0.1, 0.15) is 0 Å². The third kappa shape index (κ3) is 7.20. The van der Waals surface area contributed by atoms with Gasteiger partial charge in [-0.3, -0.25) is 0 Å². The maximum Gasteiger partial charge on any atom is -0.0253 e. The standard InChI is InChI=1S/2C13H9.C4H11Si.2ClH.Ti/c2*1-3-7-12-10(5-1)9-11-6-2-4-8-13(11)12;1-3-5-4-2;;;/h2*1-5,7-8H,9H2;5H,3-4H2,1-2H3;2*1H;/q2*-1;;;;+2/p-2. The summed E-state index contributed by atoms with van der Waals surface area (Å²) in [7, 11) is 10.6. The second-order valence-electron chi connectivity index (χ2n) is 7.97. The molecule has 0 nitrogen and oxygen atoms in total. The van der Waals surface area contributed by atoms with Crippen LogP contribution in [0.2, 0.25) is 12.1 Å². The Morgan fingerprint density at radius 1 is 0.647 bits per heavy atom. The summed E-state index contributed by atoms with van der Waals surface area (Å²) in [5.74, 6) is 0. The van der Waals surface area contributed by atoms with E-state index in [2.05, 4.69) is 98.8 Å². The van der Waals surface area contributed by atoms with Crippen LogP contribution in [0.5, 0.6) is 0 Å². The van der Waals surface area contributed by atoms with Gasteiger partial charge in [-0.25, -0.2) is 0 Å². The van der Waals surface area contributed by atoms with E-state index in [1.54, 1.807) is 0 Å². The van der Waals surface area contributed by atoms with E-state index >= 15 is 0 Å². The first-order valence-corrected chi connectivity index (χ1v) is 17.6. The zero-order valence-corrected chi connectivity index (χ0v) is 24.0. The number of rotatable bonds is 2. The number of benzene rings is 4. The number of hydrogen-bond acceptors (Lipinski definition) is 0. The molecule has 0 saturated carbocycles. The van der Waals surface area contributed by atoms with E-state index < -0.39 is 17.0 Å². The molecule has 0 aromatic heterocycles. The Kier molecular flexibility index (Phi) is 11.7. The van der Waals surface area contributed by atoms with E-state index in [0.29, 0.717) is 0 Å². The van der Waals surface area contributed by atoms with E-state index in [4.69, 9.17) is 18.6 Å². The molecule has 4 aromatic rings. The van der Waals surface area contributed by atoms with Gasteiger partial charge in [-0.15, -0.1) is 11.1 Å². The normalized spacial score (nSPS) is 11.1. The smallest absolute Gasteiger partial charge is 0.0253 e. The number of hydrogen-bond donors (Lipinski definition) is 0. The second-order valence-corrected chi connectivity index (χ2v) is 12.8. The molecule has 173 valence electrons. The quantitative estimate of drug-likeness (QED) is 0.153.